The second kappa shape index (κ2) is 13.6. The first-order valence-corrected chi connectivity index (χ1v) is 14.9. The lowest BCUT2D eigenvalue weighted by atomic mass is 10.1. The van der Waals surface area contributed by atoms with Crippen LogP contribution in [-0.4, -0.2) is 81.7 Å². The number of benzene rings is 2. The summed E-state index contributed by atoms with van der Waals surface area (Å²) in [4.78, 5) is 40.2. The highest BCUT2D eigenvalue weighted by molar-refractivity contribution is 7.93. The third-order valence-electron chi connectivity index (χ3n) is 6.00. The molecule has 13 heteroatoms. The van der Waals surface area contributed by atoms with Gasteiger partial charge in [-0.1, -0.05) is 0 Å². The van der Waals surface area contributed by atoms with E-state index in [0.717, 1.165) is 5.69 Å². The molecule has 2 amide bonds. The number of amides is 2. The van der Waals surface area contributed by atoms with E-state index < -0.39 is 32.9 Å². The van der Waals surface area contributed by atoms with E-state index in [2.05, 4.69) is 14.9 Å². The SMILES string of the molecule is CCOC(=O)COc1ccc(NS(=O)(=O)C(C)NC(=O)c2ccc(N3CCN(C(=O)OC(C)(C)C)CC3)cc2)cc1. The maximum Gasteiger partial charge on any atom is 0.410 e. The number of nitrogens with zero attached hydrogens (tertiary/aromatic N) is 2. The van der Waals surface area contributed by atoms with Gasteiger partial charge in [0.1, 0.15) is 16.7 Å². The van der Waals surface area contributed by atoms with E-state index in [1.807, 2.05) is 20.8 Å². The van der Waals surface area contributed by atoms with Crippen LogP contribution in [0.25, 0.3) is 0 Å². The Balaban J connectivity index is 1.50. The van der Waals surface area contributed by atoms with Crippen LogP contribution < -0.4 is 19.7 Å². The molecule has 1 aliphatic rings. The number of ether oxygens (including phenoxy) is 3. The van der Waals surface area contributed by atoms with Gasteiger partial charge in [-0.05, 0) is 83.1 Å². The van der Waals surface area contributed by atoms with Crippen LogP contribution in [0.3, 0.4) is 0 Å². The van der Waals surface area contributed by atoms with Gasteiger partial charge in [0.2, 0.25) is 0 Å². The first-order chi connectivity index (χ1) is 19.3. The normalized spacial score (nSPS) is 14.6. The molecule has 1 heterocycles. The van der Waals surface area contributed by atoms with Gasteiger partial charge < -0.3 is 29.3 Å². The van der Waals surface area contributed by atoms with Crippen molar-refractivity contribution in [2.24, 2.45) is 0 Å². The number of carbonyl (C=O) groups is 3. The Morgan fingerprint density at radius 1 is 0.951 bits per heavy atom. The van der Waals surface area contributed by atoms with Crippen molar-refractivity contribution >= 4 is 39.4 Å². The molecule has 0 saturated carbocycles. The van der Waals surface area contributed by atoms with Crippen LogP contribution in [0.2, 0.25) is 0 Å². The smallest absolute Gasteiger partial charge is 0.410 e. The fourth-order valence-electron chi connectivity index (χ4n) is 3.86. The molecular formula is C28H38N4O8S. The monoisotopic (exact) mass is 590 g/mol. The van der Waals surface area contributed by atoms with Gasteiger partial charge in [-0.25, -0.2) is 18.0 Å². The Hall–Kier alpha value is -4.00. The average molecular weight is 591 g/mol. The van der Waals surface area contributed by atoms with Crippen LogP contribution in [-0.2, 0) is 24.3 Å². The van der Waals surface area contributed by atoms with Crippen LogP contribution >= 0.6 is 0 Å². The van der Waals surface area contributed by atoms with E-state index in [1.54, 1.807) is 36.1 Å². The quantitative estimate of drug-likeness (QED) is 0.399. The Kier molecular flexibility index (Phi) is 10.4. The predicted molar refractivity (Wildman–Crippen MR) is 155 cm³/mol. The molecule has 0 aromatic heterocycles. The lowest BCUT2D eigenvalue weighted by Crippen LogP contribution is -2.50. The molecule has 0 radical (unpaired) electrons. The summed E-state index contributed by atoms with van der Waals surface area (Å²) in [6.45, 7) is 10.8. The van der Waals surface area contributed by atoms with Crippen molar-refractivity contribution in [3.63, 3.8) is 0 Å². The average Bonchev–Trinajstić information content (AvgIpc) is 2.92. The number of carbonyl (C=O) groups excluding carboxylic acids is 3. The molecule has 1 saturated heterocycles. The van der Waals surface area contributed by atoms with Gasteiger partial charge in [-0.2, -0.15) is 0 Å². The largest absolute Gasteiger partial charge is 0.482 e. The Labute approximate surface area is 241 Å². The van der Waals surface area contributed by atoms with Crippen molar-refractivity contribution in [1.82, 2.24) is 10.2 Å². The number of esters is 1. The van der Waals surface area contributed by atoms with Gasteiger partial charge in [0, 0.05) is 43.1 Å². The van der Waals surface area contributed by atoms with Crippen molar-refractivity contribution in [3.8, 4) is 5.75 Å². The summed E-state index contributed by atoms with van der Waals surface area (Å²) in [5.41, 5.74) is 0.922. The number of anilines is 2. The van der Waals surface area contributed by atoms with Crippen LogP contribution in [0.15, 0.2) is 48.5 Å². The molecule has 1 aliphatic heterocycles. The number of piperazine rings is 1. The van der Waals surface area contributed by atoms with E-state index in [-0.39, 0.29) is 25.0 Å². The molecule has 0 spiro atoms. The van der Waals surface area contributed by atoms with E-state index in [1.165, 1.54) is 31.2 Å². The van der Waals surface area contributed by atoms with Gasteiger partial charge >= 0.3 is 12.1 Å². The molecule has 0 aliphatic carbocycles. The number of hydrogen-bond donors (Lipinski definition) is 2. The standard InChI is InChI=1S/C28H38N4O8S/c1-6-38-25(33)19-39-24-13-9-22(10-14-24)30-41(36,37)20(2)29-26(34)21-7-11-23(12-8-21)31-15-17-32(18-16-31)27(35)40-28(3,4)5/h7-14,20,30H,6,15-19H2,1-5H3,(H,29,34). The lowest BCUT2D eigenvalue weighted by Gasteiger charge is -2.36. The van der Waals surface area contributed by atoms with Gasteiger partial charge in [0.05, 0.1) is 6.61 Å². The summed E-state index contributed by atoms with van der Waals surface area (Å²) in [5, 5.41) is 1.28. The van der Waals surface area contributed by atoms with Crippen LogP contribution in [0.5, 0.6) is 5.75 Å². The van der Waals surface area contributed by atoms with Gasteiger partial charge in [0.25, 0.3) is 15.9 Å². The minimum Gasteiger partial charge on any atom is -0.482 e. The molecule has 2 aromatic rings. The zero-order valence-corrected chi connectivity index (χ0v) is 24.8. The van der Waals surface area contributed by atoms with E-state index in [0.29, 0.717) is 37.5 Å². The fourth-order valence-corrected chi connectivity index (χ4v) is 4.76. The van der Waals surface area contributed by atoms with Crippen LogP contribution in [0.1, 0.15) is 45.0 Å². The highest BCUT2D eigenvalue weighted by Crippen LogP contribution is 2.20. The van der Waals surface area contributed by atoms with Gasteiger partial charge in [0.15, 0.2) is 6.61 Å². The highest BCUT2D eigenvalue weighted by Gasteiger charge is 2.27. The van der Waals surface area contributed by atoms with Crippen molar-refractivity contribution in [3.05, 3.63) is 54.1 Å². The predicted octanol–water partition coefficient (Wildman–Crippen LogP) is 3.20. The molecule has 12 nitrogen and oxygen atoms in total. The summed E-state index contributed by atoms with van der Waals surface area (Å²) < 4.78 is 43.5. The van der Waals surface area contributed by atoms with Crippen LogP contribution in [0, 0.1) is 0 Å². The van der Waals surface area contributed by atoms with Gasteiger partial charge in [-0.15, -0.1) is 0 Å². The second-order valence-corrected chi connectivity index (χ2v) is 12.4. The van der Waals surface area contributed by atoms with Crippen molar-refractivity contribution in [2.45, 2.75) is 45.6 Å². The van der Waals surface area contributed by atoms with Gasteiger partial charge in [-0.3, -0.25) is 9.52 Å². The molecule has 41 heavy (non-hydrogen) atoms. The van der Waals surface area contributed by atoms with E-state index in [9.17, 15) is 22.8 Å². The molecule has 224 valence electrons. The van der Waals surface area contributed by atoms with Crippen molar-refractivity contribution < 1.29 is 37.0 Å². The summed E-state index contributed by atoms with van der Waals surface area (Å²) in [5.74, 6) is -0.669. The zero-order valence-electron chi connectivity index (χ0n) is 24.0. The highest BCUT2D eigenvalue weighted by atomic mass is 32.2. The summed E-state index contributed by atoms with van der Waals surface area (Å²) in [6.07, 6.45) is -0.334. The minimum absolute atomic E-state index is 0.249. The summed E-state index contributed by atoms with van der Waals surface area (Å²) in [6, 6.07) is 12.8. The molecule has 2 aromatic carbocycles. The zero-order chi connectivity index (χ0) is 30.2. The van der Waals surface area contributed by atoms with Crippen molar-refractivity contribution in [2.75, 3.05) is 49.0 Å². The maximum atomic E-state index is 12.8. The molecule has 1 unspecified atom stereocenters. The number of sulfonamides is 1. The Bertz CT molecular complexity index is 1300. The molecule has 0 bridgehead atoms. The number of hydrogen-bond acceptors (Lipinski definition) is 9. The molecular weight excluding hydrogens is 552 g/mol. The third kappa shape index (κ3) is 9.55. The number of nitrogens with one attached hydrogen (secondary N) is 2. The Morgan fingerprint density at radius 2 is 1.56 bits per heavy atom. The lowest BCUT2D eigenvalue weighted by molar-refractivity contribution is -0.145. The van der Waals surface area contributed by atoms with Crippen molar-refractivity contribution in [1.29, 1.82) is 0 Å². The molecule has 3 rings (SSSR count). The molecule has 1 atom stereocenters. The van der Waals surface area contributed by atoms with Crippen LogP contribution in [0.4, 0.5) is 16.2 Å². The first kappa shape index (κ1) is 31.5. The first-order valence-electron chi connectivity index (χ1n) is 13.3. The summed E-state index contributed by atoms with van der Waals surface area (Å²) >= 11 is 0. The Morgan fingerprint density at radius 3 is 2.12 bits per heavy atom. The fraction of sp³-hybridized carbons (Fsp3) is 0.464. The number of rotatable bonds is 10. The maximum absolute atomic E-state index is 12.8. The molecule has 1 fully saturated rings. The summed E-state index contributed by atoms with van der Waals surface area (Å²) in [7, 11) is -3.96. The van der Waals surface area contributed by atoms with E-state index in [4.69, 9.17) is 14.2 Å². The minimum atomic E-state index is -3.96. The third-order valence-corrected chi connectivity index (χ3v) is 7.57. The topological polar surface area (TPSA) is 144 Å². The molecule has 2 N–H and O–H groups in total. The van der Waals surface area contributed by atoms with E-state index >= 15 is 0 Å². The second-order valence-electron chi connectivity index (χ2n) is 10.4.